The van der Waals surface area contributed by atoms with E-state index in [0.29, 0.717) is 12.6 Å². The molecule has 0 spiro atoms. The molecule has 104 valence electrons. The molecule has 4 heteroatoms. The van der Waals surface area contributed by atoms with Gasteiger partial charge in [0, 0.05) is 25.0 Å². The van der Waals surface area contributed by atoms with Crippen LogP contribution in [0.3, 0.4) is 0 Å². The first-order chi connectivity index (χ1) is 9.16. The van der Waals surface area contributed by atoms with Gasteiger partial charge in [-0.3, -0.25) is 9.78 Å². The molecule has 1 unspecified atom stereocenters. The molecule has 0 aromatic carbocycles. The van der Waals surface area contributed by atoms with Crippen LogP contribution < -0.4 is 10.6 Å². The highest BCUT2D eigenvalue weighted by atomic mass is 16.2. The first-order valence-electron chi connectivity index (χ1n) is 7.10. The van der Waals surface area contributed by atoms with Crippen LogP contribution in [0.1, 0.15) is 43.7 Å². The topological polar surface area (TPSA) is 54.0 Å². The molecular weight excluding hydrogens is 238 g/mol. The van der Waals surface area contributed by atoms with E-state index in [0.717, 1.165) is 18.4 Å². The van der Waals surface area contributed by atoms with Gasteiger partial charge < -0.3 is 10.6 Å². The molecule has 1 aromatic rings. The SMILES string of the molecule is Cc1cnccc1CNC(C)C(=O)NC1CCCC1. The summed E-state index contributed by atoms with van der Waals surface area (Å²) in [6, 6.07) is 2.22. The molecular formula is C15H23N3O. The van der Waals surface area contributed by atoms with Gasteiger partial charge >= 0.3 is 0 Å². The number of aryl methyl sites for hydroxylation is 1. The summed E-state index contributed by atoms with van der Waals surface area (Å²) >= 11 is 0. The summed E-state index contributed by atoms with van der Waals surface area (Å²) in [5.74, 6) is 0.110. The van der Waals surface area contributed by atoms with Crippen molar-refractivity contribution in [3.63, 3.8) is 0 Å². The largest absolute Gasteiger partial charge is 0.352 e. The maximum atomic E-state index is 12.0. The van der Waals surface area contributed by atoms with Crippen LogP contribution in [0.5, 0.6) is 0 Å². The van der Waals surface area contributed by atoms with Crippen molar-refractivity contribution in [3.05, 3.63) is 29.6 Å². The minimum atomic E-state index is -0.159. The lowest BCUT2D eigenvalue weighted by molar-refractivity contribution is -0.123. The lowest BCUT2D eigenvalue weighted by Gasteiger charge is -2.18. The number of rotatable bonds is 5. The molecule has 1 fully saturated rings. The van der Waals surface area contributed by atoms with Crippen molar-refractivity contribution >= 4 is 5.91 Å². The van der Waals surface area contributed by atoms with Crippen LogP contribution in [-0.4, -0.2) is 23.0 Å². The Morgan fingerprint density at radius 1 is 1.47 bits per heavy atom. The lowest BCUT2D eigenvalue weighted by atomic mass is 10.1. The summed E-state index contributed by atoms with van der Waals surface area (Å²) in [5.41, 5.74) is 2.34. The van der Waals surface area contributed by atoms with Crippen LogP contribution in [-0.2, 0) is 11.3 Å². The zero-order chi connectivity index (χ0) is 13.7. The summed E-state index contributed by atoms with van der Waals surface area (Å²) < 4.78 is 0. The highest BCUT2D eigenvalue weighted by molar-refractivity contribution is 5.81. The Balaban J connectivity index is 1.78. The van der Waals surface area contributed by atoms with E-state index in [2.05, 4.69) is 15.6 Å². The Bertz CT molecular complexity index is 427. The first kappa shape index (κ1) is 14.0. The van der Waals surface area contributed by atoms with Crippen molar-refractivity contribution in [1.82, 2.24) is 15.6 Å². The maximum Gasteiger partial charge on any atom is 0.237 e. The number of hydrogen-bond acceptors (Lipinski definition) is 3. The number of carbonyl (C=O) groups is 1. The molecule has 4 nitrogen and oxygen atoms in total. The fourth-order valence-corrected chi connectivity index (χ4v) is 2.45. The third-order valence-corrected chi connectivity index (χ3v) is 3.83. The predicted octanol–water partition coefficient (Wildman–Crippen LogP) is 1.93. The van der Waals surface area contributed by atoms with Crippen molar-refractivity contribution in [2.45, 2.75) is 58.2 Å². The fraction of sp³-hybridized carbons (Fsp3) is 0.600. The monoisotopic (exact) mass is 261 g/mol. The minimum Gasteiger partial charge on any atom is -0.352 e. The van der Waals surface area contributed by atoms with Gasteiger partial charge in [-0.1, -0.05) is 12.8 Å². The van der Waals surface area contributed by atoms with Gasteiger partial charge in [0.05, 0.1) is 6.04 Å². The van der Waals surface area contributed by atoms with E-state index in [-0.39, 0.29) is 11.9 Å². The highest BCUT2D eigenvalue weighted by Gasteiger charge is 2.20. The van der Waals surface area contributed by atoms with Crippen LogP contribution >= 0.6 is 0 Å². The van der Waals surface area contributed by atoms with Crippen molar-refractivity contribution in [2.75, 3.05) is 0 Å². The van der Waals surface area contributed by atoms with Crippen LogP contribution in [0.25, 0.3) is 0 Å². The first-order valence-corrected chi connectivity index (χ1v) is 7.10. The number of carbonyl (C=O) groups excluding carboxylic acids is 1. The number of hydrogen-bond donors (Lipinski definition) is 2. The van der Waals surface area contributed by atoms with E-state index in [1.807, 2.05) is 26.1 Å². The average molecular weight is 261 g/mol. The Morgan fingerprint density at radius 3 is 2.89 bits per heavy atom. The molecule has 19 heavy (non-hydrogen) atoms. The van der Waals surface area contributed by atoms with Crippen molar-refractivity contribution in [2.24, 2.45) is 0 Å². The van der Waals surface area contributed by atoms with Gasteiger partial charge in [-0.25, -0.2) is 0 Å². The molecule has 0 saturated heterocycles. The molecule has 2 N–H and O–H groups in total. The smallest absolute Gasteiger partial charge is 0.237 e. The molecule has 1 saturated carbocycles. The quantitative estimate of drug-likeness (QED) is 0.851. The van der Waals surface area contributed by atoms with Gasteiger partial charge in [0.1, 0.15) is 0 Å². The van der Waals surface area contributed by atoms with Gasteiger partial charge in [-0.05, 0) is 43.9 Å². The van der Waals surface area contributed by atoms with Crippen LogP contribution in [0.15, 0.2) is 18.5 Å². The minimum absolute atomic E-state index is 0.110. The zero-order valence-electron chi connectivity index (χ0n) is 11.8. The van der Waals surface area contributed by atoms with Crippen molar-refractivity contribution < 1.29 is 4.79 Å². The summed E-state index contributed by atoms with van der Waals surface area (Å²) in [6.07, 6.45) is 8.36. The Morgan fingerprint density at radius 2 is 2.21 bits per heavy atom. The molecule has 0 aliphatic heterocycles. The average Bonchev–Trinajstić information content (AvgIpc) is 2.90. The van der Waals surface area contributed by atoms with E-state index < -0.39 is 0 Å². The molecule has 0 radical (unpaired) electrons. The molecule has 1 atom stereocenters. The second-order valence-electron chi connectivity index (χ2n) is 5.39. The fourth-order valence-electron chi connectivity index (χ4n) is 2.45. The summed E-state index contributed by atoms with van der Waals surface area (Å²) in [5, 5.41) is 6.39. The van der Waals surface area contributed by atoms with Gasteiger partial charge in [0.25, 0.3) is 0 Å². The number of nitrogens with one attached hydrogen (secondary N) is 2. The highest BCUT2D eigenvalue weighted by Crippen LogP contribution is 2.17. The predicted molar refractivity (Wildman–Crippen MR) is 75.7 cm³/mol. The summed E-state index contributed by atoms with van der Waals surface area (Å²) in [4.78, 5) is 16.1. The molecule has 0 bridgehead atoms. The Labute approximate surface area is 115 Å². The zero-order valence-corrected chi connectivity index (χ0v) is 11.8. The molecule has 1 aliphatic carbocycles. The number of amides is 1. The maximum absolute atomic E-state index is 12.0. The van der Waals surface area contributed by atoms with E-state index in [4.69, 9.17) is 0 Å². The van der Waals surface area contributed by atoms with Gasteiger partial charge in [0.15, 0.2) is 0 Å². The van der Waals surface area contributed by atoms with E-state index >= 15 is 0 Å². The molecule has 1 aliphatic rings. The van der Waals surface area contributed by atoms with Crippen molar-refractivity contribution in [1.29, 1.82) is 0 Å². The van der Waals surface area contributed by atoms with E-state index in [1.54, 1.807) is 6.20 Å². The van der Waals surface area contributed by atoms with Crippen LogP contribution in [0, 0.1) is 6.92 Å². The normalized spacial score (nSPS) is 17.4. The van der Waals surface area contributed by atoms with Crippen molar-refractivity contribution in [3.8, 4) is 0 Å². The summed E-state index contributed by atoms with van der Waals surface area (Å²) in [7, 11) is 0. The number of pyridine rings is 1. The molecule has 2 rings (SSSR count). The standard InChI is InChI=1S/C15H23N3O/c1-11-9-16-8-7-13(11)10-17-12(2)15(19)18-14-5-3-4-6-14/h7-9,12,14,17H,3-6,10H2,1-2H3,(H,18,19). The second kappa shape index (κ2) is 6.66. The van der Waals surface area contributed by atoms with Gasteiger partial charge in [-0.15, -0.1) is 0 Å². The number of nitrogens with zero attached hydrogens (tertiary/aromatic N) is 1. The second-order valence-corrected chi connectivity index (χ2v) is 5.39. The number of aromatic nitrogens is 1. The lowest BCUT2D eigenvalue weighted by Crippen LogP contribution is -2.45. The molecule has 1 aromatic heterocycles. The van der Waals surface area contributed by atoms with Gasteiger partial charge in [0.2, 0.25) is 5.91 Å². The summed E-state index contributed by atoms with van der Waals surface area (Å²) in [6.45, 7) is 4.65. The van der Waals surface area contributed by atoms with Crippen LogP contribution in [0.4, 0.5) is 0 Å². The van der Waals surface area contributed by atoms with Gasteiger partial charge in [-0.2, -0.15) is 0 Å². The third-order valence-electron chi connectivity index (χ3n) is 3.83. The third kappa shape index (κ3) is 4.03. The van der Waals surface area contributed by atoms with E-state index in [1.165, 1.54) is 18.4 Å². The molecule has 1 heterocycles. The Kier molecular flexibility index (Phi) is 4.91. The van der Waals surface area contributed by atoms with Crippen LogP contribution in [0.2, 0.25) is 0 Å². The molecule has 1 amide bonds. The Hall–Kier alpha value is -1.42. The van der Waals surface area contributed by atoms with E-state index in [9.17, 15) is 4.79 Å².